The van der Waals surface area contributed by atoms with Crippen LogP contribution in [-0.4, -0.2) is 48.8 Å². The fraction of sp³-hybridized carbons (Fsp3) is 0.700. The van der Waals surface area contributed by atoms with Crippen LogP contribution in [0.5, 0.6) is 0 Å². The van der Waals surface area contributed by atoms with Gasteiger partial charge in [-0.2, -0.15) is 0 Å². The van der Waals surface area contributed by atoms with Gasteiger partial charge in [0.05, 0.1) is 13.2 Å². The normalized spacial score (nSPS) is 19.6. The molecule has 1 fully saturated rings. The van der Waals surface area contributed by atoms with Gasteiger partial charge in [0, 0.05) is 25.2 Å². The van der Waals surface area contributed by atoms with Gasteiger partial charge in [-0.3, -0.25) is 4.90 Å². The third kappa shape index (κ3) is 3.89. The quantitative estimate of drug-likeness (QED) is 0.678. The van der Waals surface area contributed by atoms with E-state index in [0.717, 1.165) is 39.3 Å². The highest BCUT2D eigenvalue weighted by atomic mass is 16.5. The van der Waals surface area contributed by atoms with Crippen molar-refractivity contribution in [1.29, 1.82) is 0 Å². The van der Waals surface area contributed by atoms with E-state index in [1.165, 1.54) is 0 Å². The summed E-state index contributed by atoms with van der Waals surface area (Å²) < 4.78 is 5.21. The second-order valence-corrected chi connectivity index (χ2v) is 3.43. The van der Waals surface area contributed by atoms with Crippen LogP contribution in [0.2, 0.25) is 0 Å². The maximum atomic E-state index is 10.5. The van der Waals surface area contributed by atoms with Gasteiger partial charge in [-0.1, -0.05) is 6.08 Å². The summed E-state index contributed by atoms with van der Waals surface area (Å²) in [5.74, 6) is -0.827. The van der Waals surface area contributed by atoms with Gasteiger partial charge in [0.15, 0.2) is 0 Å². The Kier molecular flexibility index (Phi) is 4.62. The lowest BCUT2D eigenvalue weighted by molar-refractivity contribution is -0.132. The van der Waals surface area contributed by atoms with Crippen LogP contribution in [0.15, 0.2) is 11.6 Å². The molecular weight excluding hydrogens is 182 g/mol. The van der Waals surface area contributed by atoms with Gasteiger partial charge in [0.1, 0.15) is 0 Å². The van der Waals surface area contributed by atoms with Crippen molar-refractivity contribution >= 4 is 5.97 Å². The van der Waals surface area contributed by atoms with E-state index in [0.29, 0.717) is 5.57 Å². The Bertz CT molecular complexity index is 219. The van der Waals surface area contributed by atoms with Crippen LogP contribution in [0.3, 0.4) is 0 Å². The summed E-state index contributed by atoms with van der Waals surface area (Å²) in [6.07, 6.45) is 2.58. The molecule has 1 rings (SSSR count). The molecule has 0 unspecified atom stereocenters. The van der Waals surface area contributed by atoms with Crippen LogP contribution in [0.4, 0.5) is 0 Å². The highest BCUT2D eigenvalue weighted by molar-refractivity contribution is 5.85. The average Bonchev–Trinajstić information content (AvgIpc) is 2.19. The second kappa shape index (κ2) is 5.78. The molecule has 1 aliphatic rings. The number of carboxylic acids is 1. The fourth-order valence-corrected chi connectivity index (χ4v) is 1.38. The van der Waals surface area contributed by atoms with Gasteiger partial charge in [-0.05, 0) is 13.3 Å². The molecule has 0 aliphatic carbocycles. The highest BCUT2D eigenvalue weighted by Crippen LogP contribution is 2.01. The Balaban J connectivity index is 2.19. The summed E-state index contributed by atoms with van der Waals surface area (Å²) in [4.78, 5) is 12.8. The second-order valence-electron chi connectivity index (χ2n) is 3.43. The topological polar surface area (TPSA) is 49.8 Å². The molecule has 0 aromatic carbocycles. The largest absolute Gasteiger partial charge is 0.478 e. The summed E-state index contributed by atoms with van der Waals surface area (Å²) in [5, 5.41) is 8.62. The molecule has 1 N–H and O–H groups in total. The number of aliphatic carboxylic acids is 1. The van der Waals surface area contributed by atoms with Crippen molar-refractivity contribution in [3.63, 3.8) is 0 Å². The molecule has 0 bridgehead atoms. The first-order valence-corrected chi connectivity index (χ1v) is 4.90. The minimum absolute atomic E-state index is 0.429. The van der Waals surface area contributed by atoms with Crippen LogP contribution < -0.4 is 0 Å². The van der Waals surface area contributed by atoms with Crippen molar-refractivity contribution < 1.29 is 14.6 Å². The smallest absolute Gasteiger partial charge is 0.330 e. The van der Waals surface area contributed by atoms with E-state index in [1.807, 2.05) is 0 Å². The Morgan fingerprint density at radius 2 is 2.14 bits per heavy atom. The Morgan fingerprint density at radius 1 is 1.50 bits per heavy atom. The van der Waals surface area contributed by atoms with E-state index in [4.69, 9.17) is 9.84 Å². The molecule has 1 aliphatic heterocycles. The number of hydrogen-bond acceptors (Lipinski definition) is 3. The van der Waals surface area contributed by atoms with E-state index in [1.54, 1.807) is 13.0 Å². The minimum Gasteiger partial charge on any atom is -0.478 e. The number of carbonyl (C=O) groups is 1. The number of nitrogens with zero attached hydrogens (tertiary/aromatic N) is 1. The summed E-state index contributed by atoms with van der Waals surface area (Å²) in [7, 11) is 0. The van der Waals surface area contributed by atoms with Crippen LogP contribution in [0.25, 0.3) is 0 Å². The zero-order valence-corrected chi connectivity index (χ0v) is 8.53. The van der Waals surface area contributed by atoms with Gasteiger partial charge >= 0.3 is 5.97 Å². The van der Waals surface area contributed by atoms with Gasteiger partial charge in [-0.15, -0.1) is 0 Å². The highest BCUT2D eigenvalue weighted by Gasteiger charge is 2.08. The maximum absolute atomic E-state index is 10.5. The van der Waals surface area contributed by atoms with Crippen molar-refractivity contribution in [3.8, 4) is 0 Å². The molecular formula is C10H17NO3. The molecule has 0 radical (unpaired) electrons. The lowest BCUT2D eigenvalue weighted by Gasteiger charge is -2.25. The molecule has 0 atom stereocenters. The standard InChI is InChI=1S/C10H17NO3/c1-9(10(12)13)3-2-4-11-5-7-14-8-6-11/h3H,2,4-8H2,1H3,(H,12,13). The molecule has 1 heterocycles. The number of carboxylic acid groups (broad SMARTS) is 1. The van der Waals surface area contributed by atoms with Crippen LogP contribution in [-0.2, 0) is 9.53 Å². The monoisotopic (exact) mass is 199 g/mol. The molecule has 0 amide bonds. The van der Waals surface area contributed by atoms with Gasteiger partial charge in [0.2, 0.25) is 0 Å². The zero-order chi connectivity index (χ0) is 10.4. The summed E-state index contributed by atoms with van der Waals surface area (Å²) in [5.41, 5.74) is 0.429. The summed E-state index contributed by atoms with van der Waals surface area (Å²) in [6.45, 7) is 6.05. The third-order valence-electron chi connectivity index (χ3n) is 2.34. The molecule has 0 saturated carbocycles. The number of morpholine rings is 1. The first kappa shape index (κ1) is 11.2. The average molecular weight is 199 g/mol. The van der Waals surface area contributed by atoms with E-state index in [9.17, 15) is 4.79 Å². The molecule has 0 aromatic rings. The van der Waals surface area contributed by atoms with Crippen molar-refractivity contribution in [2.24, 2.45) is 0 Å². The predicted octanol–water partition coefficient (Wildman–Crippen LogP) is 0.740. The van der Waals surface area contributed by atoms with Crippen LogP contribution >= 0.6 is 0 Å². The van der Waals surface area contributed by atoms with Crippen LogP contribution in [0.1, 0.15) is 13.3 Å². The van der Waals surface area contributed by atoms with E-state index < -0.39 is 5.97 Å². The first-order valence-electron chi connectivity index (χ1n) is 4.90. The Hall–Kier alpha value is -0.870. The molecule has 80 valence electrons. The number of rotatable bonds is 4. The zero-order valence-electron chi connectivity index (χ0n) is 8.53. The molecule has 0 spiro atoms. The third-order valence-corrected chi connectivity index (χ3v) is 2.34. The minimum atomic E-state index is -0.827. The lowest BCUT2D eigenvalue weighted by Crippen LogP contribution is -2.36. The van der Waals surface area contributed by atoms with E-state index >= 15 is 0 Å². The van der Waals surface area contributed by atoms with Gasteiger partial charge < -0.3 is 9.84 Å². The first-order chi connectivity index (χ1) is 6.70. The molecule has 0 aromatic heterocycles. The SMILES string of the molecule is CC(=CCCN1CCOCC1)C(=O)O. The molecule has 1 saturated heterocycles. The predicted molar refractivity (Wildman–Crippen MR) is 53.3 cm³/mol. The maximum Gasteiger partial charge on any atom is 0.330 e. The summed E-state index contributed by atoms with van der Waals surface area (Å²) >= 11 is 0. The summed E-state index contributed by atoms with van der Waals surface area (Å²) in [6, 6.07) is 0. The van der Waals surface area contributed by atoms with Gasteiger partial charge in [0.25, 0.3) is 0 Å². The Labute approximate surface area is 84.2 Å². The van der Waals surface area contributed by atoms with Crippen molar-refractivity contribution in [2.45, 2.75) is 13.3 Å². The van der Waals surface area contributed by atoms with Crippen molar-refractivity contribution in [1.82, 2.24) is 4.90 Å². The van der Waals surface area contributed by atoms with E-state index in [-0.39, 0.29) is 0 Å². The molecule has 4 heteroatoms. The number of hydrogen-bond donors (Lipinski definition) is 1. The Morgan fingerprint density at radius 3 is 2.71 bits per heavy atom. The molecule has 14 heavy (non-hydrogen) atoms. The lowest BCUT2D eigenvalue weighted by atomic mass is 10.2. The van der Waals surface area contributed by atoms with E-state index in [2.05, 4.69) is 4.90 Å². The van der Waals surface area contributed by atoms with Crippen molar-refractivity contribution in [2.75, 3.05) is 32.8 Å². The fourth-order valence-electron chi connectivity index (χ4n) is 1.38. The number of ether oxygens (including phenoxy) is 1. The van der Waals surface area contributed by atoms with Crippen molar-refractivity contribution in [3.05, 3.63) is 11.6 Å². The van der Waals surface area contributed by atoms with Crippen LogP contribution in [0, 0.1) is 0 Å². The van der Waals surface area contributed by atoms with Gasteiger partial charge in [-0.25, -0.2) is 4.79 Å². The molecule has 4 nitrogen and oxygen atoms in total.